The molecule has 4 nitrogen and oxygen atoms in total. The number of nitrogens with one attached hydrogen (secondary N) is 1. The Bertz CT molecular complexity index is 494. The van der Waals surface area contributed by atoms with Crippen molar-refractivity contribution in [1.29, 1.82) is 0 Å². The van der Waals surface area contributed by atoms with E-state index in [2.05, 4.69) is 0 Å². The van der Waals surface area contributed by atoms with E-state index in [1.807, 2.05) is 0 Å². The van der Waals surface area contributed by atoms with Crippen LogP contribution in [0, 0.1) is 5.82 Å². The molecule has 0 unspecified atom stereocenters. The molecule has 0 bridgehead atoms. The number of sulfonamides is 1. The standard InChI is InChI=1S/C7H4FNO3S/c8-4-1-2-5-6(3-4)13(11,12)9-7(5)10/h1-3H,(H,9,10). The van der Waals surface area contributed by atoms with Gasteiger partial charge in [-0.1, -0.05) is 0 Å². The van der Waals surface area contributed by atoms with E-state index in [0.717, 1.165) is 18.2 Å². The summed E-state index contributed by atoms with van der Waals surface area (Å²) in [6.07, 6.45) is 0. The maximum atomic E-state index is 12.6. The van der Waals surface area contributed by atoms with Crippen LogP contribution in [0.15, 0.2) is 23.1 Å². The van der Waals surface area contributed by atoms with Crippen LogP contribution in [0.5, 0.6) is 0 Å². The fraction of sp³-hybridized carbons (Fsp3) is 0. The molecule has 2 rings (SSSR count). The third-order valence-electron chi connectivity index (χ3n) is 1.70. The summed E-state index contributed by atoms with van der Waals surface area (Å²) in [6, 6.07) is 3.01. The van der Waals surface area contributed by atoms with Gasteiger partial charge in [0.15, 0.2) is 0 Å². The molecule has 1 N–H and O–H groups in total. The second-order valence-electron chi connectivity index (χ2n) is 2.58. The molecule has 13 heavy (non-hydrogen) atoms. The number of halogens is 1. The van der Waals surface area contributed by atoms with Crippen LogP contribution in [0.2, 0.25) is 0 Å². The summed E-state index contributed by atoms with van der Waals surface area (Å²) in [4.78, 5) is 10.7. The molecule has 1 heterocycles. The smallest absolute Gasteiger partial charge is 0.266 e. The Labute approximate surface area is 73.4 Å². The second-order valence-corrected chi connectivity index (χ2v) is 4.23. The summed E-state index contributed by atoms with van der Waals surface area (Å²) < 4.78 is 36.6. The van der Waals surface area contributed by atoms with E-state index in [0.29, 0.717) is 0 Å². The quantitative estimate of drug-likeness (QED) is 0.654. The average molecular weight is 201 g/mol. The average Bonchev–Trinajstić information content (AvgIpc) is 2.23. The summed E-state index contributed by atoms with van der Waals surface area (Å²) in [5, 5.41) is 0. The van der Waals surface area contributed by atoms with Gasteiger partial charge < -0.3 is 0 Å². The van der Waals surface area contributed by atoms with Gasteiger partial charge >= 0.3 is 0 Å². The molecule has 0 radical (unpaired) electrons. The monoisotopic (exact) mass is 201 g/mol. The first-order valence-corrected chi connectivity index (χ1v) is 4.86. The van der Waals surface area contributed by atoms with Gasteiger partial charge in [-0.3, -0.25) is 4.79 Å². The van der Waals surface area contributed by atoms with Gasteiger partial charge in [0, 0.05) is 0 Å². The van der Waals surface area contributed by atoms with Crippen molar-refractivity contribution in [3.63, 3.8) is 0 Å². The zero-order chi connectivity index (χ0) is 9.64. The molecule has 0 atom stereocenters. The third-order valence-corrected chi connectivity index (χ3v) is 3.08. The lowest BCUT2D eigenvalue weighted by Gasteiger charge is -1.93. The van der Waals surface area contributed by atoms with Gasteiger partial charge in [0.2, 0.25) is 0 Å². The predicted octanol–water partition coefficient (Wildman–Crippen LogP) is 0.258. The zero-order valence-corrected chi connectivity index (χ0v) is 7.06. The lowest BCUT2D eigenvalue weighted by atomic mass is 10.2. The van der Waals surface area contributed by atoms with Gasteiger partial charge in [0.1, 0.15) is 10.7 Å². The Balaban J connectivity index is 2.81. The van der Waals surface area contributed by atoms with Crippen molar-refractivity contribution < 1.29 is 17.6 Å². The Hall–Kier alpha value is -1.43. The second kappa shape index (κ2) is 2.29. The Morgan fingerprint density at radius 1 is 1.31 bits per heavy atom. The predicted molar refractivity (Wildman–Crippen MR) is 41.1 cm³/mol. The van der Waals surface area contributed by atoms with Gasteiger partial charge in [-0.05, 0) is 18.2 Å². The first-order valence-electron chi connectivity index (χ1n) is 3.37. The number of amides is 1. The maximum absolute atomic E-state index is 12.6. The van der Waals surface area contributed by atoms with E-state index in [4.69, 9.17) is 0 Å². The molecule has 0 aliphatic carbocycles. The van der Waals surface area contributed by atoms with Crippen molar-refractivity contribution >= 4 is 15.9 Å². The fourth-order valence-corrected chi connectivity index (χ4v) is 2.32. The maximum Gasteiger partial charge on any atom is 0.266 e. The molecule has 6 heteroatoms. The first kappa shape index (κ1) is 8.18. The van der Waals surface area contributed by atoms with Crippen LogP contribution >= 0.6 is 0 Å². The van der Waals surface area contributed by atoms with Crippen molar-refractivity contribution in [1.82, 2.24) is 4.72 Å². The van der Waals surface area contributed by atoms with Crippen LogP contribution < -0.4 is 4.72 Å². The van der Waals surface area contributed by atoms with Gasteiger partial charge in [0.25, 0.3) is 15.9 Å². The van der Waals surface area contributed by atoms with Gasteiger partial charge in [-0.15, -0.1) is 0 Å². The molecular formula is C7H4FNO3S. The van der Waals surface area contributed by atoms with Crippen LogP contribution in [-0.4, -0.2) is 14.3 Å². The normalized spacial score (nSPS) is 18.1. The first-order chi connectivity index (χ1) is 6.00. The van der Waals surface area contributed by atoms with Crippen molar-refractivity contribution in [2.75, 3.05) is 0 Å². The SMILES string of the molecule is O=C1NS(=O)(=O)c2cc(F)ccc21. The molecule has 0 saturated heterocycles. The molecule has 0 spiro atoms. The molecule has 1 aromatic carbocycles. The highest BCUT2D eigenvalue weighted by Gasteiger charge is 2.32. The highest BCUT2D eigenvalue weighted by atomic mass is 32.2. The molecular weight excluding hydrogens is 197 g/mol. The number of benzene rings is 1. The Morgan fingerprint density at radius 3 is 2.69 bits per heavy atom. The Kier molecular flexibility index (Phi) is 1.44. The molecule has 1 amide bonds. The zero-order valence-electron chi connectivity index (χ0n) is 6.24. The molecule has 0 aromatic heterocycles. The highest BCUT2D eigenvalue weighted by molar-refractivity contribution is 7.90. The largest absolute Gasteiger partial charge is 0.268 e. The topological polar surface area (TPSA) is 63.2 Å². The van der Waals surface area contributed by atoms with Crippen molar-refractivity contribution in [2.45, 2.75) is 4.90 Å². The van der Waals surface area contributed by atoms with E-state index in [1.165, 1.54) is 0 Å². The van der Waals surface area contributed by atoms with Gasteiger partial charge in [0.05, 0.1) is 5.56 Å². The van der Waals surface area contributed by atoms with E-state index in [1.54, 1.807) is 4.72 Å². The van der Waals surface area contributed by atoms with E-state index in [9.17, 15) is 17.6 Å². The van der Waals surface area contributed by atoms with Crippen LogP contribution in [-0.2, 0) is 10.0 Å². The van der Waals surface area contributed by atoms with Crippen molar-refractivity contribution in [3.05, 3.63) is 29.6 Å². The number of hydrogen-bond donors (Lipinski definition) is 1. The summed E-state index contributed by atoms with van der Waals surface area (Å²) in [7, 11) is -3.82. The van der Waals surface area contributed by atoms with Crippen LogP contribution in [0.1, 0.15) is 10.4 Å². The minimum absolute atomic E-state index is 0.0126. The molecule has 1 aliphatic heterocycles. The van der Waals surface area contributed by atoms with Crippen molar-refractivity contribution in [2.24, 2.45) is 0 Å². The van der Waals surface area contributed by atoms with E-state index in [-0.39, 0.29) is 10.5 Å². The number of rotatable bonds is 0. The molecule has 1 aliphatic rings. The summed E-state index contributed by atoms with van der Waals surface area (Å²) in [5.41, 5.74) is -0.0126. The number of carbonyl (C=O) groups is 1. The van der Waals surface area contributed by atoms with E-state index >= 15 is 0 Å². The summed E-state index contributed by atoms with van der Waals surface area (Å²) >= 11 is 0. The van der Waals surface area contributed by atoms with E-state index < -0.39 is 21.7 Å². The minimum atomic E-state index is -3.82. The molecule has 1 aromatic rings. The highest BCUT2D eigenvalue weighted by Crippen LogP contribution is 2.22. The molecule has 0 saturated carbocycles. The molecule has 68 valence electrons. The van der Waals surface area contributed by atoms with Crippen LogP contribution in [0.4, 0.5) is 4.39 Å². The molecule has 0 fully saturated rings. The Morgan fingerprint density at radius 2 is 2.00 bits per heavy atom. The minimum Gasteiger partial charge on any atom is -0.268 e. The lowest BCUT2D eigenvalue weighted by molar-refractivity contribution is 0.0985. The van der Waals surface area contributed by atoms with Gasteiger partial charge in [-0.25, -0.2) is 17.5 Å². The van der Waals surface area contributed by atoms with Gasteiger partial charge in [-0.2, -0.15) is 0 Å². The fourth-order valence-electron chi connectivity index (χ4n) is 1.14. The third kappa shape index (κ3) is 1.10. The number of hydrogen-bond acceptors (Lipinski definition) is 3. The van der Waals surface area contributed by atoms with Crippen LogP contribution in [0.3, 0.4) is 0 Å². The number of fused-ring (bicyclic) bond motifs is 1. The van der Waals surface area contributed by atoms with Crippen molar-refractivity contribution in [3.8, 4) is 0 Å². The summed E-state index contributed by atoms with van der Waals surface area (Å²) in [6.45, 7) is 0. The number of carbonyl (C=O) groups excluding carboxylic acids is 1. The lowest BCUT2D eigenvalue weighted by Crippen LogP contribution is -2.20. The summed E-state index contributed by atoms with van der Waals surface area (Å²) in [5.74, 6) is -1.39. The van der Waals surface area contributed by atoms with Crippen LogP contribution in [0.25, 0.3) is 0 Å².